The van der Waals surface area contributed by atoms with Gasteiger partial charge in [-0.1, -0.05) is 34.4 Å². The summed E-state index contributed by atoms with van der Waals surface area (Å²) in [5, 5.41) is 0. The van der Waals surface area contributed by atoms with Gasteiger partial charge in [0.2, 0.25) is 0 Å². The van der Waals surface area contributed by atoms with Crippen LogP contribution < -0.4 is 0 Å². The highest BCUT2D eigenvalue weighted by atomic mass is 16.5. The molecule has 0 aliphatic heterocycles. The molecule has 0 aromatic heterocycles. The zero-order chi connectivity index (χ0) is 17.0. The number of hydrogen-bond acceptors (Lipinski definition) is 2. The number of carbonyl (C=O) groups excluding carboxylic acids is 1. The average Bonchev–Trinajstić information content (AvgIpc) is 2.37. The molecule has 0 fully saturated rings. The molecule has 22 heavy (non-hydrogen) atoms. The molecule has 0 N–H and O–H groups in total. The molecule has 0 aliphatic rings. The van der Waals surface area contributed by atoms with Crippen molar-refractivity contribution in [1.29, 1.82) is 0 Å². The minimum absolute atomic E-state index is 0.265. The van der Waals surface area contributed by atoms with Crippen molar-refractivity contribution in [3.05, 3.63) is 46.6 Å². The van der Waals surface area contributed by atoms with Crippen LogP contribution in [0.25, 0.3) is 0 Å². The Hall–Kier alpha value is -1.57. The molecule has 0 rings (SSSR count). The van der Waals surface area contributed by atoms with Crippen molar-refractivity contribution in [2.75, 3.05) is 6.61 Å². The molecule has 0 heterocycles. The monoisotopic (exact) mass is 304 g/mol. The van der Waals surface area contributed by atoms with Crippen molar-refractivity contribution in [2.45, 2.75) is 67.2 Å². The molecule has 0 saturated carbocycles. The number of rotatable bonds is 9. The Morgan fingerprint density at radius 2 is 1.32 bits per heavy atom. The zero-order valence-electron chi connectivity index (χ0n) is 15.2. The van der Waals surface area contributed by atoms with Gasteiger partial charge in [0.15, 0.2) is 0 Å². The van der Waals surface area contributed by atoms with E-state index in [2.05, 4.69) is 39.8 Å². The van der Waals surface area contributed by atoms with Gasteiger partial charge in [0, 0.05) is 6.08 Å². The fourth-order valence-electron chi connectivity index (χ4n) is 1.88. The van der Waals surface area contributed by atoms with Crippen LogP contribution in [0.3, 0.4) is 0 Å². The van der Waals surface area contributed by atoms with Crippen molar-refractivity contribution in [3.63, 3.8) is 0 Å². The highest BCUT2D eigenvalue weighted by Crippen LogP contribution is 2.11. The summed E-state index contributed by atoms with van der Waals surface area (Å²) in [5.41, 5.74) is 5.05. The van der Waals surface area contributed by atoms with E-state index in [1.165, 1.54) is 22.8 Å². The second-order valence-corrected chi connectivity index (χ2v) is 6.31. The molecule has 0 saturated heterocycles. The molecule has 0 aromatic carbocycles. The zero-order valence-corrected chi connectivity index (χ0v) is 15.2. The van der Waals surface area contributed by atoms with Crippen LogP contribution in [-0.4, -0.2) is 12.6 Å². The first-order valence-corrected chi connectivity index (χ1v) is 8.07. The minimum Gasteiger partial charge on any atom is -0.458 e. The normalized spacial score (nSPS) is 11.9. The summed E-state index contributed by atoms with van der Waals surface area (Å²) >= 11 is 0. The van der Waals surface area contributed by atoms with E-state index in [-0.39, 0.29) is 5.97 Å². The summed E-state index contributed by atoms with van der Waals surface area (Å²) in [6, 6.07) is 0. The topological polar surface area (TPSA) is 26.3 Å². The molecular weight excluding hydrogens is 272 g/mol. The van der Waals surface area contributed by atoms with Crippen LogP contribution in [0.2, 0.25) is 0 Å². The van der Waals surface area contributed by atoms with Crippen molar-refractivity contribution < 1.29 is 9.53 Å². The summed E-state index contributed by atoms with van der Waals surface area (Å²) in [7, 11) is 0. The third-order valence-electron chi connectivity index (χ3n) is 3.19. The van der Waals surface area contributed by atoms with Gasteiger partial charge in [0.05, 0.1) is 0 Å². The van der Waals surface area contributed by atoms with Gasteiger partial charge in [0.25, 0.3) is 0 Å². The quantitative estimate of drug-likeness (QED) is 0.300. The highest BCUT2D eigenvalue weighted by molar-refractivity contribution is 5.82. The lowest BCUT2D eigenvalue weighted by Gasteiger charge is -2.02. The highest BCUT2D eigenvalue weighted by Gasteiger charge is 1.96. The maximum atomic E-state index is 11.3. The Kier molecular flexibility index (Phi) is 11.2. The van der Waals surface area contributed by atoms with E-state index in [1.54, 1.807) is 0 Å². The molecule has 124 valence electrons. The Morgan fingerprint density at radius 1 is 0.773 bits per heavy atom. The first-order chi connectivity index (χ1) is 10.3. The number of allylic oxidation sites excluding steroid dienone is 6. The first kappa shape index (κ1) is 20.4. The SMILES string of the molecule is CC(C)=CCCC(C)=CCCC(C)=CCOC(=O)C=C(C)C. The molecule has 0 bridgehead atoms. The van der Waals surface area contributed by atoms with Crippen molar-refractivity contribution in [2.24, 2.45) is 0 Å². The standard InChI is InChI=1S/C20H32O2/c1-16(2)9-7-10-18(5)11-8-12-19(6)13-14-22-20(21)15-17(3)4/h9,11,13,15H,7-8,10,12,14H2,1-6H3. The van der Waals surface area contributed by atoms with Gasteiger partial charge in [-0.15, -0.1) is 0 Å². The average molecular weight is 304 g/mol. The Balaban J connectivity index is 3.99. The van der Waals surface area contributed by atoms with E-state index < -0.39 is 0 Å². The molecule has 0 unspecified atom stereocenters. The summed E-state index contributed by atoms with van der Waals surface area (Å²) < 4.78 is 5.11. The predicted octanol–water partition coefficient (Wildman–Crippen LogP) is 5.92. The molecule has 0 radical (unpaired) electrons. The molecule has 0 aliphatic carbocycles. The number of carbonyl (C=O) groups is 1. The largest absolute Gasteiger partial charge is 0.458 e. The van der Waals surface area contributed by atoms with Crippen LogP contribution in [0.1, 0.15) is 67.2 Å². The Morgan fingerprint density at radius 3 is 1.86 bits per heavy atom. The second kappa shape index (κ2) is 12.0. The van der Waals surface area contributed by atoms with Gasteiger partial charge in [-0.25, -0.2) is 4.79 Å². The van der Waals surface area contributed by atoms with Gasteiger partial charge < -0.3 is 4.74 Å². The number of hydrogen-bond donors (Lipinski definition) is 0. The fourth-order valence-corrected chi connectivity index (χ4v) is 1.88. The van der Waals surface area contributed by atoms with Gasteiger partial charge >= 0.3 is 5.97 Å². The van der Waals surface area contributed by atoms with E-state index in [4.69, 9.17) is 4.74 Å². The number of esters is 1. The molecule has 0 atom stereocenters. The van der Waals surface area contributed by atoms with E-state index in [0.717, 1.165) is 31.3 Å². The van der Waals surface area contributed by atoms with Crippen LogP contribution in [0.5, 0.6) is 0 Å². The maximum Gasteiger partial charge on any atom is 0.330 e. The molecular formula is C20H32O2. The molecule has 0 amide bonds. The smallest absolute Gasteiger partial charge is 0.330 e. The molecule has 2 nitrogen and oxygen atoms in total. The maximum absolute atomic E-state index is 11.3. The van der Waals surface area contributed by atoms with E-state index >= 15 is 0 Å². The van der Waals surface area contributed by atoms with Gasteiger partial charge in [-0.2, -0.15) is 0 Å². The summed E-state index contributed by atoms with van der Waals surface area (Å²) in [4.78, 5) is 11.3. The minimum atomic E-state index is -0.265. The lowest BCUT2D eigenvalue weighted by Crippen LogP contribution is -2.01. The summed E-state index contributed by atoms with van der Waals surface area (Å²) in [5.74, 6) is -0.265. The molecule has 0 spiro atoms. The van der Waals surface area contributed by atoms with Crippen LogP contribution >= 0.6 is 0 Å². The van der Waals surface area contributed by atoms with E-state index in [0.29, 0.717) is 6.61 Å². The fraction of sp³-hybridized carbons (Fsp3) is 0.550. The van der Waals surface area contributed by atoms with Crippen molar-refractivity contribution in [3.8, 4) is 0 Å². The second-order valence-electron chi connectivity index (χ2n) is 6.31. The van der Waals surface area contributed by atoms with Crippen molar-refractivity contribution >= 4 is 5.97 Å². The number of ether oxygens (including phenoxy) is 1. The van der Waals surface area contributed by atoms with Gasteiger partial charge in [0.1, 0.15) is 6.61 Å². The predicted molar refractivity (Wildman–Crippen MR) is 95.8 cm³/mol. The van der Waals surface area contributed by atoms with Crippen LogP contribution in [-0.2, 0) is 9.53 Å². The van der Waals surface area contributed by atoms with E-state index in [9.17, 15) is 4.79 Å². The third-order valence-corrected chi connectivity index (χ3v) is 3.19. The van der Waals surface area contributed by atoms with Gasteiger partial charge in [-0.3, -0.25) is 0 Å². The lowest BCUT2D eigenvalue weighted by molar-refractivity contribution is -0.136. The molecule has 2 heteroatoms. The van der Waals surface area contributed by atoms with Crippen LogP contribution in [0, 0.1) is 0 Å². The first-order valence-electron chi connectivity index (χ1n) is 8.07. The Bertz CT molecular complexity index is 454. The summed E-state index contributed by atoms with van der Waals surface area (Å²) in [6.07, 6.45) is 12.4. The van der Waals surface area contributed by atoms with Crippen molar-refractivity contribution in [1.82, 2.24) is 0 Å². The van der Waals surface area contributed by atoms with E-state index in [1.807, 2.05) is 19.9 Å². The van der Waals surface area contributed by atoms with Crippen LogP contribution in [0.4, 0.5) is 0 Å². The van der Waals surface area contributed by atoms with Gasteiger partial charge in [-0.05, 0) is 73.3 Å². The van der Waals surface area contributed by atoms with Crippen LogP contribution in [0.15, 0.2) is 46.6 Å². The third kappa shape index (κ3) is 13.4. The summed E-state index contributed by atoms with van der Waals surface area (Å²) in [6.45, 7) is 12.7. The molecule has 0 aromatic rings. The lowest BCUT2D eigenvalue weighted by atomic mass is 10.1. The Labute approximate surface area is 136 Å².